The Morgan fingerprint density at radius 2 is 2.17 bits per heavy atom. The standard InChI is InChI=1S/C16H14BrN5S/c1-2-8-22-15(14-10-18-6-7-19-14)20-21-16(22)23-11-12-4-3-5-13(17)9-12/h2-7,9-10H,1,8,11H2. The van der Waals surface area contributed by atoms with Crippen molar-refractivity contribution in [2.45, 2.75) is 17.5 Å². The van der Waals surface area contributed by atoms with Crippen LogP contribution in [0.25, 0.3) is 11.5 Å². The van der Waals surface area contributed by atoms with E-state index >= 15 is 0 Å². The lowest BCUT2D eigenvalue weighted by Crippen LogP contribution is -2.01. The molecule has 2 aromatic heterocycles. The van der Waals surface area contributed by atoms with Crippen LogP contribution in [0.5, 0.6) is 0 Å². The van der Waals surface area contributed by atoms with Crippen molar-refractivity contribution < 1.29 is 0 Å². The van der Waals surface area contributed by atoms with Crippen molar-refractivity contribution in [2.75, 3.05) is 0 Å². The Hall–Kier alpha value is -1.99. The molecule has 0 aliphatic heterocycles. The molecule has 0 atom stereocenters. The number of benzene rings is 1. The van der Waals surface area contributed by atoms with Crippen molar-refractivity contribution in [3.63, 3.8) is 0 Å². The molecule has 0 saturated heterocycles. The average Bonchev–Trinajstić information content (AvgIpc) is 2.97. The molecule has 1 aromatic carbocycles. The van der Waals surface area contributed by atoms with Crippen LogP contribution in [0.2, 0.25) is 0 Å². The number of nitrogens with zero attached hydrogens (tertiary/aromatic N) is 5. The summed E-state index contributed by atoms with van der Waals surface area (Å²) in [6.45, 7) is 4.44. The van der Waals surface area contributed by atoms with Crippen LogP contribution in [-0.2, 0) is 12.3 Å². The van der Waals surface area contributed by atoms with Crippen molar-refractivity contribution in [1.82, 2.24) is 24.7 Å². The van der Waals surface area contributed by atoms with Crippen LogP contribution >= 0.6 is 27.7 Å². The van der Waals surface area contributed by atoms with Crippen LogP contribution in [0.15, 0.2) is 65.1 Å². The summed E-state index contributed by atoms with van der Waals surface area (Å²) < 4.78 is 3.07. The van der Waals surface area contributed by atoms with Gasteiger partial charge in [0.2, 0.25) is 0 Å². The van der Waals surface area contributed by atoms with E-state index in [1.807, 2.05) is 22.8 Å². The van der Waals surface area contributed by atoms with E-state index in [2.05, 4.69) is 54.8 Å². The molecule has 5 nitrogen and oxygen atoms in total. The van der Waals surface area contributed by atoms with Crippen LogP contribution in [0, 0.1) is 0 Å². The molecule has 0 amide bonds. The van der Waals surface area contributed by atoms with E-state index in [1.165, 1.54) is 5.56 Å². The van der Waals surface area contributed by atoms with Gasteiger partial charge in [0.1, 0.15) is 5.69 Å². The second-order valence-electron chi connectivity index (χ2n) is 4.71. The largest absolute Gasteiger partial charge is 0.297 e. The predicted octanol–water partition coefficient (Wildman–Crippen LogP) is 3.98. The monoisotopic (exact) mass is 387 g/mol. The molecule has 0 bridgehead atoms. The first-order chi connectivity index (χ1) is 11.3. The van der Waals surface area contributed by atoms with Gasteiger partial charge in [-0.15, -0.1) is 16.8 Å². The lowest BCUT2D eigenvalue weighted by Gasteiger charge is -2.07. The first-order valence-corrected chi connectivity index (χ1v) is 8.73. The number of rotatable bonds is 6. The Morgan fingerprint density at radius 1 is 1.26 bits per heavy atom. The summed E-state index contributed by atoms with van der Waals surface area (Å²) >= 11 is 5.13. The zero-order valence-electron chi connectivity index (χ0n) is 12.3. The van der Waals surface area contributed by atoms with Gasteiger partial charge >= 0.3 is 0 Å². The van der Waals surface area contributed by atoms with Gasteiger partial charge in [0.05, 0.1) is 6.20 Å². The van der Waals surface area contributed by atoms with Crippen LogP contribution < -0.4 is 0 Å². The number of halogens is 1. The number of aromatic nitrogens is 5. The summed E-state index contributed by atoms with van der Waals surface area (Å²) in [5, 5.41) is 9.40. The summed E-state index contributed by atoms with van der Waals surface area (Å²) in [7, 11) is 0. The molecular formula is C16H14BrN5S. The molecule has 3 aromatic rings. The minimum absolute atomic E-state index is 0.625. The molecule has 0 spiro atoms. The van der Waals surface area contributed by atoms with E-state index in [0.29, 0.717) is 18.1 Å². The third kappa shape index (κ3) is 3.86. The maximum Gasteiger partial charge on any atom is 0.192 e. The van der Waals surface area contributed by atoms with Gasteiger partial charge in [-0.05, 0) is 17.7 Å². The minimum atomic E-state index is 0.625. The minimum Gasteiger partial charge on any atom is -0.297 e. The van der Waals surface area contributed by atoms with E-state index in [1.54, 1.807) is 30.4 Å². The van der Waals surface area contributed by atoms with Crippen LogP contribution in [0.1, 0.15) is 5.56 Å². The Morgan fingerprint density at radius 3 is 2.91 bits per heavy atom. The highest BCUT2D eigenvalue weighted by molar-refractivity contribution is 9.10. The Labute approximate surface area is 147 Å². The van der Waals surface area contributed by atoms with E-state index < -0.39 is 0 Å². The maximum absolute atomic E-state index is 4.30. The van der Waals surface area contributed by atoms with Crippen molar-refractivity contribution in [2.24, 2.45) is 0 Å². The number of hydrogen-bond donors (Lipinski definition) is 0. The van der Waals surface area contributed by atoms with Crippen LogP contribution in [0.3, 0.4) is 0 Å². The van der Waals surface area contributed by atoms with Crippen LogP contribution in [-0.4, -0.2) is 24.7 Å². The fraction of sp³-hybridized carbons (Fsp3) is 0.125. The number of allylic oxidation sites excluding steroid dienone is 1. The fourth-order valence-corrected chi connectivity index (χ4v) is 3.41. The average molecular weight is 388 g/mol. The summed E-state index contributed by atoms with van der Waals surface area (Å²) in [5.41, 5.74) is 1.93. The summed E-state index contributed by atoms with van der Waals surface area (Å²) in [6, 6.07) is 8.24. The Bertz CT molecular complexity index is 803. The van der Waals surface area contributed by atoms with Gasteiger partial charge in [-0.25, -0.2) is 4.98 Å². The summed E-state index contributed by atoms with van der Waals surface area (Å²) in [4.78, 5) is 8.39. The molecule has 116 valence electrons. The highest BCUT2D eigenvalue weighted by atomic mass is 79.9. The van der Waals surface area contributed by atoms with Gasteiger partial charge in [0.25, 0.3) is 0 Å². The zero-order chi connectivity index (χ0) is 16.1. The van der Waals surface area contributed by atoms with E-state index in [9.17, 15) is 0 Å². The third-order valence-corrected chi connectivity index (χ3v) is 4.61. The topological polar surface area (TPSA) is 56.5 Å². The van der Waals surface area contributed by atoms with E-state index in [4.69, 9.17) is 0 Å². The Balaban J connectivity index is 1.85. The lowest BCUT2D eigenvalue weighted by molar-refractivity contribution is 0.729. The van der Waals surface area contributed by atoms with Gasteiger partial charge in [0.15, 0.2) is 11.0 Å². The van der Waals surface area contributed by atoms with Gasteiger partial charge in [-0.1, -0.05) is 45.9 Å². The lowest BCUT2D eigenvalue weighted by atomic mass is 10.2. The summed E-state index contributed by atoms with van der Waals surface area (Å²) in [6.07, 6.45) is 6.80. The molecule has 0 fully saturated rings. The van der Waals surface area contributed by atoms with Gasteiger partial charge in [0, 0.05) is 29.2 Å². The normalized spacial score (nSPS) is 10.7. The molecule has 0 aliphatic rings. The molecule has 0 unspecified atom stereocenters. The molecule has 7 heteroatoms. The smallest absolute Gasteiger partial charge is 0.192 e. The zero-order valence-corrected chi connectivity index (χ0v) is 14.7. The van der Waals surface area contributed by atoms with Crippen molar-refractivity contribution in [1.29, 1.82) is 0 Å². The fourth-order valence-electron chi connectivity index (χ4n) is 2.07. The van der Waals surface area contributed by atoms with E-state index in [-0.39, 0.29) is 0 Å². The predicted molar refractivity (Wildman–Crippen MR) is 94.9 cm³/mol. The van der Waals surface area contributed by atoms with Crippen LogP contribution in [0.4, 0.5) is 0 Å². The second-order valence-corrected chi connectivity index (χ2v) is 6.57. The van der Waals surface area contributed by atoms with Gasteiger partial charge in [-0.2, -0.15) is 0 Å². The highest BCUT2D eigenvalue weighted by Gasteiger charge is 2.14. The first kappa shape index (κ1) is 15.9. The molecule has 2 heterocycles. The van der Waals surface area contributed by atoms with E-state index in [0.717, 1.165) is 15.4 Å². The summed E-state index contributed by atoms with van der Waals surface area (Å²) in [5.74, 6) is 1.52. The first-order valence-electron chi connectivity index (χ1n) is 6.95. The Kier molecular flexibility index (Phi) is 5.19. The maximum atomic E-state index is 4.30. The molecule has 3 rings (SSSR count). The number of hydrogen-bond acceptors (Lipinski definition) is 5. The molecule has 0 N–H and O–H groups in total. The van der Waals surface area contributed by atoms with Crippen molar-refractivity contribution in [3.8, 4) is 11.5 Å². The van der Waals surface area contributed by atoms with Gasteiger partial charge in [-0.3, -0.25) is 9.55 Å². The SMILES string of the molecule is C=CCn1c(SCc2cccc(Br)c2)nnc1-c1cnccn1. The molecule has 23 heavy (non-hydrogen) atoms. The number of thioether (sulfide) groups is 1. The molecule has 0 radical (unpaired) electrons. The van der Waals surface area contributed by atoms with Gasteiger partial charge < -0.3 is 0 Å². The quantitative estimate of drug-likeness (QED) is 0.472. The van der Waals surface area contributed by atoms with Crippen molar-refractivity contribution >= 4 is 27.7 Å². The molecule has 0 saturated carbocycles. The third-order valence-electron chi connectivity index (χ3n) is 3.08. The van der Waals surface area contributed by atoms with Crippen molar-refractivity contribution in [3.05, 3.63) is 65.5 Å². The molecule has 0 aliphatic carbocycles. The molecular weight excluding hydrogens is 374 g/mol. The second kappa shape index (κ2) is 7.52. The highest BCUT2D eigenvalue weighted by Crippen LogP contribution is 2.26.